The highest BCUT2D eigenvalue weighted by Gasteiger charge is 2.17. The van der Waals surface area contributed by atoms with Gasteiger partial charge in [0.15, 0.2) is 0 Å². The lowest BCUT2D eigenvalue weighted by molar-refractivity contribution is 0.102. The fourth-order valence-corrected chi connectivity index (χ4v) is 3.99. The summed E-state index contributed by atoms with van der Waals surface area (Å²) in [5.74, 6) is -0.235. The van der Waals surface area contributed by atoms with Crippen LogP contribution in [0.15, 0.2) is 41.3 Å². The Morgan fingerprint density at radius 2 is 1.79 bits per heavy atom. The smallest absolute Gasteiger partial charge is 0.255 e. The minimum atomic E-state index is -3.56. The Morgan fingerprint density at radius 3 is 2.54 bits per heavy atom. The number of carbonyl (C=O) groups excluding carboxylic acids is 1. The molecule has 2 aromatic rings. The first-order valence-corrected chi connectivity index (χ1v) is 9.36. The molecule has 126 valence electrons. The summed E-state index contributed by atoms with van der Waals surface area (Å²) in [7, 11) is -2.20. The fourth-order valence-electron chi connectivity index (χ4n) is 2.99. The summed E-state index contributed by atoms with van der Waals surface area (Å²) in [6, 6.07) is 10.6. The van der Waals surface area contributed by atoms with Crippen molar-refractivity contribution in [1.82, 2.24) is 4.72 Å². The van der Waals surface area contributed by atoms with Crippen LogP contribution in [0.2, 0.25) is 0 Å². The van der Waals surface area contributed by atoms with E-state index < -0.39 is 10.0 Å². The largest absolute Gasteiger partial charge is 0.322 e. The lowest BCUT2D eigenvalue weighted by atomic mass is 10.1. The number of amides is 1. The Bertz CT molecular complexity index is 904. The third-order valence-corrected chi connectivity index (χ3v) is 5.92. The minimum Gasteiger partial charge on any atom is -0.322 e. The van der Waals surface area contributed by atoms with E-state index in [2.05, 4.69) is 10.0 Å². The zero-order valence-corrected chi connectivity index (χ0v) is 14.5. The van der Waals surface area contributed by atoms with Crippen molar-refractivity contribution in [3.63, 3.8) is 0 Å². The molecule has 24 heavy (non-hydrogen) atoms. The van der Waals surface area contributed by atoms with Crippen LogP contribution in [0, 0.1) is 6.92 Å². The average molecular weight is 344 g/mol. The molecule has 2 N–H and O–H groups in total. The fraction of sp³-hybridized carbons (Fsp3) is 0.278. The molecule has 0 saturated carbocycles. The molecule has 0 radical (unpaired) electrons. The number of sulfonamides is 1. The molecule has 0 bridgehead atoms. The molecule has 0 aromatic heterocycles. The third kappa shape index (κ3) is 3.20. The first-order chi connectivity index (χ1) is 11.4. The van der Waals surface area contributed by atoms with Gasteiger partial charge in [0, 0.05) is 11.3 Å². The number of carbonyl (C=O) groups is 1. The van der Waals surface area contributed by atoms with Crippen molar-refractivity contribution in [3.8, 4) is 0 Å². The molecule has 1 aliphatic rings. The number of hydrogen-bond donors (Lipinski definition) is 2. The molecule has 0 saturated heterocycles. The van der Waals surface area contributed by atoms with Crippen LogP contribution >= 0.6 is 0 Å². The van der Waals surface area contributed by atoms with Crippen molar-refractivity contribution in [3.05, 3.63) is 58.7 Å². The monoisotopic (exact) mass is 344 g/mol. The molecule has 5 nitrogen and oxygen atoms in total. The summed E-state index contributed by atoms with van der Waals surface area (Å²) >= 11 is 0. The van der Waals surface area contributed by atoms with E-state index in [1.807, 2.05) is 18.2 Å². The summed E-state index contributed by atoms with van der Waals surface area (Å²) in [6.07, 6.45) is 3.20. The van der Waals surface area contributed by atoms with E-state index in [0.29, 0.717) is 16.8 Å². The normalized spacial score (nSPS) is 13.6. The maximum absolute atomic E-state index is 12.5. The average Bonchev–Trinajstić information content (AvgIpc) is 3.04. The number of hydrogen-bond acceptors (Lipinski definition) is 3. The highest BCUT2D eigenvalue weighted by Crippen LogP contribution is 2.24. The molecule has 0 atom stereocenters. The van der Waals surface area contributed by atoms with Gasteiger partial charge in [-0.1, -0.05) is 12.1 Å². The number of nitrogens with one attached hydrogen (secondary N) is 2. The van der Waals surface area contributed by atoms with Crippen molar-refractivity contribution >= 4 is 21.6 Å². The highest BCUT2D eigenvalue weighted by molar-refractivity contribution is 7.89. The van der Waals surface area contributed by atoms with Gasteiger partial charge in [-0.05, 0) is 74.2 Å². The summed E-state index contributed by atoms with van der Waals surface area (Å²) < 4.78 is 26.4. The van der Waals surface area contributed by atoms with Crippen LogP contribution in [0.3, 0.4) is 0 Å². The predicted octanol–water partition coefficient (Wildman–Crippen LogP) is 2.64. The second kappa shape index (κ2) is 6.37. The molecule has 6 heteroatoms. The van der Waals surface area contributed by atoms with E-state index in [-0.39, 0.29) is 10.8 Å². The second-order valence-corrected chi connectivity index (χ2v) is 7.83. The Kier molecular flexibility index (Phi) is 4.43. The van der Waals surface area contributed by atoms with Crippen LogP contribution in [0.4, 0.5) is 5.69 Å². The number of rotatable bonds is 4. The van der Waals surface area contributed by atoms with Crippen LogP contribution < -0.4 is 10.0 Å². The van der Waals surface area contributed by atoms with Crippen LogP contribution in [0.1, 0.15) is 33.5 Å². The SMILES string of the molecule is CNS(=O)(=O)c1cc(NC(=O)c2ccc3c(c2)CCC3)ccc1C. The number of anilines is 1. The summed E-state index contributed by atoms with van der Waals surface area (Å²) in [6.45, 7) is 1.72. The first kappa shape index (κ1) is 16.7. The molecule has 0 aliphatic heterocycles. The van der Waals surface area contributed by atoms with E-state index >= 15 is 0 Å². The second-order valence-electron chi connectivity index (χ2n) is 5.98. The molecule has 1 aliphatic carbocycles. The quantitative estimate of drug-likeness (QED) is 0.895. The maximum atomic E-state index is 12.5. The third-order valence-electron chi connectivity index (χ3n) is 4.36. The van der Waals surface area contributed by atoms with Crippen molar-refractivity contribution in [2.24, 2.45) is 0 Å². The molecular weight excluding hydrogens is 324 g/mol. The zero-order chi connectivity index (χ0) is 17.3. The van der Waals surface area contributed by atoms with Gasteiger partial charge in [0.05, 0.1) is 4.90 Å². The van der Waals surface area contributed by atoms with Gasteiger partial charge in [0.1, 0.15) is 0 Å². The topological polar surface area (TPSA) is 75.3 Å². The van der Waals surface area contributed by atoms with Crippen molar-refractivity contribution in [1.29, 1.82) is 0 Å². The molecule has 1 amide bonds. The first-order valence-electron chi connectivity index (χ1n) is 7.88. The summed E-state index contributed by atoms with van der Waals surface area (Å²) in [5, 5.41) is 2.78. The molecule has 0 heterocycles. The van der Waals surface area contributed by atoms with Gasteiger partial charge in [0.2, 0.25) is 10.0 Å². The summed E-state index contributed by atoms with van der Waals surface area (Å²) in [5.41, 5.74) is 4.21. The summed E-state index contributed by atoms with van der Waals surface area (Å²) in [4.78, 5) is 12.6. The molecule has 0 unspecified atom stereocenters. The van der Waals surface area contributed by atoms with E-state index in [4.69, 9.17) is 0 Å². The predicted molar refractivity (Wildman–Crippen MR) is 93.8 cm³/mol. The number of fused-ring (bicyclic) bond motifs is 1. The number of aryl methyl sites for hydroxylation is 3. The Morgan fingerprint density at radius 1 is 1.04 bits per heavy atom. The van der Waals surface area contributed by atoms with Crippen molar-refractivity contribution < 1.29 is 13.2 Å². The highest BCUT2D eigenvalue weighted by atomic mass is 32.2. The van der Waals surface area contributed by atoms with Crippen LogP contribution in [0.5, 0.6) is 0 Å². The Labute approximate surface area is 142 Å². The van der Waals surface area contributed by atoms with Gasteiger partial charge in [0.25, 0.3) is 5.91 Å². The van der Waals surface area contributed by atoms with Gasteiger partial charge < -0.3 is 5.32 Å². The van der Waals surface area contributed by atoms with Crippen molar-refractivity contribution in [2.45, 2.75) is 31.1 Å². The van der Waals surface area contributed by atoms with E-state index in [1.54, 1.807) is 19.1 Å². The zero-order valence-electron chi connectivity index (χ0n) is 13.7. The molecule has 2 aromatic carbocycles. The Hall–Kier alpha value is -2.18. The molecule has 0 fully saturated rings. The van der Waals surface area contributed by atoms with E-state index in [0.717, 1.165) is 19.3 Å². The Balaban J connectivity index is 1.86. The minimum absolute atomic E-state index is 0.164. The standard InChI is InChI=1S/C18H20N2O3S/c1-12-6-9-16(11-17(12)24(22,23)19-2)20-18(21)15-8-7-13-4-3-5-14(13)10-15/h6-11,19H,3-5H2,1-2H3,(H,20,21). The molecule has 0 spiro atoms. The maximum Gasteiger partial charge on any atom is 0.255 e. The van der Waals surface area contributed by atoms with Crippen LogP contribution in [-0.4, -0.2) is 21.4 Å². The lowest BCUT2D eigenvalue weighted by Gasteiger charge is -2.11. The van der Waals surface area contributed by atoms with Crippen LogP contribution in [0.25, 0.3) is 0 Å². The molecular formula is C18H20N2O3S. The van der Waals surface area contributed by atoms with Crippen molar-refractivity contribution in [2.75, 3.05) is 12.4 Å². The van der Waals surface area contributed by atoms with Gasteiger partial charge in [-0.3, -0.25) is 4.79 Å². The van der Waals surface area contributed by atoms with Gasteiger partial charge >= 0.3 is 0 Å². The van der Waals surface area contributed by atoms with E-state index in [9.17, 15) is 13.2 Å². The van der Waals surface area contributed by atoms with Crippen LogP contribution in [-0.2, 0) is 22.9 Å². The lowest BCUT2D eigenvalue weighted by Crippen LogP contribution is -2.20. The van der Waals surface area contributed by atoms with E-state index in [1.165, 1.54) is 24.2 Å². The van der Waals surface area contributed by atoms with Gasteiger partial charge in [-0.25, -0.2) is 13.1 Å². The number of benzene rings is 2. The van der Waals surface area contributed by atoms with Gasteiger partial charge in [-0.15, -0.1) is 0 Å². The van der Waals surface area contributed by atoms with Gasteiger partial charge in [-0.2, -0.15) is 0 Å². The molecule has 3 rings (SSSR count).